The number of hydrogen-bond donors (Lipinski definition) is 0. The lowest BCUT2D eigenvalue weighted by molar-refractivity contribution is 0.254. The second kappa shape index (κ2) is 5.96. The zero-order chi connectivity index (χ0) is 14.2. The Morgan fingerprint density at radius 1 is 1.30 bits per heavy atom. The second-order valence-electron chi connectivity index (χ2n) is 5.34. The van der Waals surface area contributed by atoms with Crippen LogP contribution < -0.4 is 0 Å². The van der Waals surface area contributed by atoms with Crippen molar-refractivity contribution in [1.82, 2.24) is 9.21 Å². The minimum Gasteiger partial charge on any atom is -0.298 e. The first-order chi connectivity index (χ1) is 9.63. The molecule has 1 aromatic heterocycles. The molecule has 3 heterocycles. The van der Waals surface area contributed by atoms with Crippen molar-refractivity contribution in [3.63, 3.8) is 0 Å². The highest BCUT2D eigenvalue weighted by Gasteiger charge is 2.42. The monoisotopic (exact) mass is 332 g/mol. The maximum atomic E-state index is 12.6. The van der Waals surface area contributed by atoms with Gasteiger partial charge in [-0.05, 0) is 43.6 Å². The van der Waals surface area contributed by atoms with E-state index in [0.717, 1.165) is 13.1 Å². The Labute approximate surface area is 129 Å². The number of nitrogens with zero attached hydrogens (tertiary/aromatic N) is 2. The van der Waals surface area contributed by atoms with Crippen LogP contribution in [0.25, 0.3) is 0 Å². The summed E-state index contributed by atoms with van der Waals surface area (Å²) in [5, 5.41) is 2.22. The van der Waals surface area contributed by atoms with E-state index in [-0.39, 0.29) is 0 Å². The predicted octanol–water partition coefficient (Wildman–Crippen LogP) is 1.95. The van der Waals surface area contributed by atoms with Gasteiger partial charge in [0.25, 0.3) is 10.0 Å². The molecule has 4 nitrogen and oxygen atoms in total. The smallest absolute Gasteiger partial charge is 0.252 e. The minimum atomic E-state index is -3.29. The van der Waals surface area contributed by atoms with Gasteiger partial charge in [0, 0.05) is 24.4 Å². The van der Waals surface area contributed by atoms with Crippen molar-refractivity contribution in [3.05, 3.63) is 17.5 Å². The minimum absolute atomic E-state index is 0.377. The average molecular weight is 333 g/mol. The molecule has 112 valence electrons. The Morgan fingerprint density at radius 2 is 2.05 bits per heavy atom. The van der Waals surface area contributed by atoms with E-state index in [0.29, 0.717) is 28.6 Å². The van der Waals surface area contributed by atoms with Gasteiger partial charge in [0.1, 0.15) is 4.21 Å². The summed E-state index contributed by atoms with van der Waals surface area (Å²) in [7, 11) is -3.29. The number of sulfonamides is 1. The van der Waals surface area contributed by atoms with E-state index in [2.05, 4.69) is 11.2 Å². The van der Waals surface area contributed by atoms with Crippen molar-refractivity contribution in [1.29, 1.82) is 0 Å². The van der Waals surface area contributed by atoms with Crippen molar-refractivity contribution in [2.45, 2.75) is 28.3 Å². The van der Waals surface area contributed by atoms with Gasteiger partial charge in [0.05, 0.1) is 0 Å². The summed E-state index contributed by atoms with van der Waals surface area (Å²) in [5.74, 6) is 0. The first kappa shape index (κ1) is 14.8. The average Bonchev–Trinajstić information content (AvgIpc) is 3.18. The molecule has 0 aromatic carbocycles. The second-order valence-corrected chi connectivity index (χ2v) is 9.53. The Kier molecular flexibility index (Phi) is 4.42. The Balaban J connectivity index is 1.79. The summed E-state index contributed by atoms with van der Waals surface area (Å²) < 4.78 is 27.4. The molecule has 0 N–H and O–H groups in total. The van der Waals surface area contributed by atoms with Gasteiger partial charge in [-0.25, -0.2) is 8.42 Å². The Bertz CT molecular complexity index is 538. The molecule has 0 spiro atoms. The van der Waals surface area contributed by atoms with E-state index in [1.807, 2.05) is 5.38 Å². The quantitative estimate of drug-likeness (QED) is 0.845. The highest BCUT2D eigenvalue weighted by molar-refractivity contribution is 7.99. The van der Waals surface area contributed by atoms with Crippen LogP contribution in [0.15, 0.2) is 21.7 Å². The first-order valence-electron chi connectivity index (χ1n) is 6.93. The maximum Gasteiger partial charge on any atom is 0.252 e. The largest absolute Gasteiger partial charge is 0.298 e. The molecular weight excluding hydrogens is 312 g/mol. The lowest BCUT2D eigenvalue weighted by Gasteiger charge is -2.27. The van der Waals surface area contributed by atoms with E-state index >= 15 is 0 Å². The van der Waals surface area contributed by atoms with Gasteiger partial charge < -0.3 is 0 Å². The molecule has 2 aliphatic rings. The van der Waals surface area contributed by atoms with E-state index in [4.69, 9.17) is 0 Å². The molecule has 20 heavy (non-hydrogen) atoms. The van der Waals surface area contributed by atoms with E-state index in [1.165, 1.54) is 24.2 Å². The fraction of sp³-hybridized carbons (Fsp3) is 0.692. The highest BCUT2D eigenvalue weighted by Crippen LogP contribution is 2.32. The van der Waals surface area contributed by atoms with Gasteiger partial charge in [-0.2, -0.15) is 16.1 Å². The summed E-state index contributed by atoms with van der Waals surface area (Å²) in [6.45, 7) is 3.53. The molecule has 7 heteroatoms. The number of thiophene rings is 1. The molecule has 1 aromatic rings. The lowest BCUT2D eigenvalue weighted by Crippen LogP contribution is -2.40. The van der Waals surface area contributed by atoms with Crippen LogP contribution in [0.3, 0.4) is 0 Å². The molecule has 2 atom stereocenters. The SMILES string of the molecule is CS[C@@H]1CN(S(=O)(=O)c2cccs2)C[C@H]1N1CCCC1. The molecule has 2 fully saturated rings. The maximum absolute atomic E-state index is 12.6. The Morgan fingerprint density at radius 3 is 2.65 bits per heavy atom. The number of likely N-dealkylation sites (tertiary alicyclic amines) is 1. The molecule has 0 aliphatic carbocycles. The van der Waals surface area contributed by atoms with Gasteiger partial charge in [-0.1, -0.05) is 6.07 Å². The molecule has 2 aliphatic heterocycles. The molecular formula is C13H20N2O2S3. The Hall–Kier alpha value is -0.0800. The van der Waals surface area contributed by atoms with Crippen LogP contribution in [-0.4, -0.2) is 61.3 Å². The van der Waals surface area contributed by atoms with E-state index < -0.39 is 10.0 Å². The van der Waals surface area contributed by atoms with E-state index in [9.17, 15) is 8.42 Å². The van der Waals surface area contributed by atoms with Gasteiger partial charge in [0.15, 0.2) is 0 Å². The number of hydrogen-bond acceptors (Lipinski definition) is 5. The zero-order valence-electron chi connectivity index (χ0n) is 11.6. The standard InChI is InChI=1S/C13H20N2O2S3/c1-18-12-10-15(9-11(12)14-6-2-3-7-14)20(16,17)13-5-4-8-19-13/h4-5,8,11-12H,2-3,6-7,9-10H2,1H3/t11-,12-/m1/s1. The summed E-state index contributed by atoms with van der Waals surface area (Å²) >= 11 is 3.11. The molecule has 0 saturated carbocycles. The van der Waals surface area contributed by atoms with Gasteiger partial charge >= 0.3 is 0 Å². The topological polar surface area (TPSA) is 40.6 Å². The predicted molar refractivity (Wildman–Crippen MR) is 85.0 cm³/mol. The van der Waals surface area contributed by atoms with Crippen LogP contribution in [0.1, 0.15) is 12.8 Å². The summed E-state index contributed by atoms with van der Waals surface area (Å²) in [6.07, 6.45) is 4.58. The van der Waals surface area contributed by atoms with Crippen molar-refractivity contribution < 1.29 is 8.42 Å². The van der Waals surface area contributed by atoms with Crippen LogP contribution in [0, 0.1) is 0 Å². The van der Waals surface area contributed by atoms with Gasteiger partial charge in [-0.15, -0.1) is 11.3 Å². The van der Waals surface area contributed by atoms with Crippen molar-refractivity contribution >= 4 is 33.1 Å². The van der Waals surface area contributed by atoms with Crippen LogP contribution in [-0.2, 0) is 10.0 Å². The normalized spacial score (nSPS) is 29.2. The third kappa shape index (κ3) is 2.66. The van der Waals surface area contributed by atoms with Crippen LogP contribution in [0.4, 0.5) is 0 Å². The number of thioether (sulfide) groups is 1. The molecule has 0 radical (unpaired) electrons. The van der Waals surface area contributed by atoms with Gasteiger partial charge in [-0.3, -0.25) is 4.90 Å². The third-order valence-corrected chi connectivity index (χ3v) is 8.48. The van der Waals surface area contributed by atoms with Crippen molar-refractivity contribution in [3.8, 4) is 0 Å². The highest BCUT2D eigenvalue weighted by atomic mass is 32.2. The van der Waals surface area contributed by atoms with Crippen molar-refractivity contribution in [2.75, 3.05) is 32.4 Å². The van der Waals surface area contributed by atoms with Crippen LogP contribution >= 0.6 is 23.1 Å². The molecule has 0 unspecified atom stereocenters. The summed E-state index contributed by atoms with van der Waals surface area (Å²) in [5.41, 5.74) is 0. The fourth-order valence-corrected chi connectivity index (χ4v) is 6.74. The van der Waals surface area contributed by atoms with Crippen LogP contribution in [0.2, 0.25) is 0 Å². The molecule has 2 saturated heterocycles. The first-order valence-corrected chi connectivity index (χ1v) is 10.5. The molecule has 0 bridgehead atoms. The summed E-state index contributed by atoms with van der Waals surface area (Å²) in [6, 6.07) is 3.89. The van der Waals surface area contributed by atoms with Gasteiger partial charge in [0.2, 0.25) is 0 Å². The zero-order valence-corrected chi connectivity index (χ0v) is 14.0. The molecule has 0 amide bonds. The molecule has 3 rings (SSSR count). The number of rotatable bonds is 4. The van der Waals surface area contributed by atoms with Crippen molar-refractivity contribution in [2.24, 2.45) is 0 Å². The van der Waals surface area contributed by atoms with E-state index in [1.54, 1.807) is 28.2 Å². The summed E-state index contributed by atoms with van der Waals surface area (Å²) in [4.78, 5) is 2.48. The fourth-order valence-electron chi connectivity index (χ4n) is 3.11. The third-order valence-electron chi connectivity index (χ3n) is 4.21. The van der Waals surface area contributed by atoms with Crippen LogP contribution in [0.5, 0.6) is 0 Å². The lowest BCUT2D eigenvalue weighted by atomic mass is 10.2.